The van der Waals surface area contributed by atoms with E-state index < -0.39 is 34.7 Å². The van der Waals surface area contributed by atoms with Gasteiger partial charge in [-0.1, -0.05) is 41.9 Å². The second-order valence-corrected chi connectivity index (χ2v) is 15.2. The van der Waals surface area contributed by atoms with Crippen molar-refractivity contribution in [3.63, 3.8) is 0 Å². The predicted octanol–water partition coefficient (Wildman–Crippen LogP) is 4.94. The van der Waals surface area contributed by atoms with E-state index in [1.54, 1.807) is 31.1 Å². The van der Waals surface area contributed by atoms with Gasteiger partial charge in [0.15, 0.2) is 5.65 Å². The van der Waals surface area contributed by atoms with E-state index in [4.69, 9.17) is 21.3 Å². The lowest BCUT2D eigenvalue weighted by Crippen LogP contribution is -2.46. The smallest absolute Gasteiger partial charge is 0.451 e. The number of nitrogens with zero attached hydrogens (tertiary/aromatic N) is 7. The molecular weight excluding hydrogens is 767 g/mol. The monoisotopic (exact) mass is 805 g/mol. The lowest BCUT2D eigenvalue weighted by molar-refractivity contribution is -0.144. The number of aromatic nitrogens is 5. The normalized spacial score (nSPS) is 19.5. The van der Waals surface area contributed by atoms with Gasteiger partial charge in [-0.15, -0.1) is 0 Å². The van der Waals surface area contributed by atoms with E-state index >= 15 is 0 Å². The Balaban J connectivity index is 1.13. The minimum atomic E-state index is -4.96. The number of pyridine rings is 1. The first-order valence-corrected chi connectivity index (χ1v) is 18.7. The van der Waals surface area contributed by atoms with E-state index in [1.807, 2.05) is 30.3 Å². The van der Waals surface area contributed by atoms with Gasteiger partial charge in [0, 0.05) is 68.7 Å². The number of hydrogen-bond acceptors (Lipinski definition) is 10. The number of fused-ring (bicyclic) bond motifs is 2. The van der Waals surface area contributed by atoms with E-state index in [1.165, 1.54) is 14.1 Å². The number of hydrogen-bond donors (Lipinski definition) is 3. The number of aliphatic hydroxyl groups excluding tert-OH is 1. The molecule has 1 aliphatic carbocycles. The number of aliphatic hydroxyl groups is 1. The summed E-state index contributed by atoms with van der Waals surface area (Å²) in [5, 5.41) is 15.6. The number of rotatable bonds is 8. The average molecular weight is 806 g/mol. The summed E-state index contributed by atoms with van der Waals surface area (Å²) in [6.07, 6.45) is -2.53. The molecule has 2 aromatic carbocycles. The average Bonchev–Trinajstić information content (AvgIpc) is 3.88. The van der Waals surface area contributed by atoms with Crippen LogP contribution in [0.2, 0.25) is 5.02 Å². The third kappa shape index (κ3) is 6.46. The van der Waals surface area contributed by atoms with Crippen molar-refractivity contribution in [2.45, 2.75) is 43.9 Å². The van der Waals surface area contributed by atoms with Crippen molar-refractivity contribution >= 4 is 40.2 Å². The van der Waals surface area contributed by atoms with Crippen LogP contribution in [0.1, 0.15) is 41.4 Å². The number of ether oxygens (including phenoxy) is 1. The number of alkyl halides is 3. The number of amides is 2. The number of benzene rings is 2. The van der Waals surface area contributed by atoms with Gasteiger partial charge in [0.1, 0.15) is 11.2 Å². The minimum Gasteiger partial charge on any atom is -0.481 e. The van der Waals surface area contributed by atoms with E-state index in [0.717, 1.165) is 46.1 Å². The van der Waals surface area contributed by atoms with Gasteiger partial charge in [0.2, 0.25) is 11.7 Å². The second-order valence-electron chi connectivity index (χ2n) is 14.8. The Hall–Kier alpha value is -5.52. The number of methoxy groups -OCH3 is 1. The summed E-state index contributed by atoms with van der Waals surface area (Å²) >= 11 is 7.19. The number of aryl methyl sites for hydroxylation is 2. The molecule has 0 unspecified atom stereocenters. The molecule has 0 radical (unpaired) electrons. The Morgan fingerprint density at radius 1 is 1.04 bits per heavy atom. The summed E-state index contributed by atoms with van der Waals surface area (Å²) < 4.78 is 49.5. The number of halogens is 4. The molecule has 0 saturated carbocycles. The number of β-amino-alcohol motifs (C(OH)–C–C–N with tert-alkyl or cyclic N) is 1. The Kier molecular flexibility index (Phi) is 9.52. The van der Waals surface area contributed by atoms with E-state index in [9.17, 15) is 32.7 Å². The first-order chi connectivity index (χ1) is 27.1. The highest BCUT2D eigenvalue weighted by Crippen LogP contribution is 2.47. The van der Waals surface area contributed by atoms with Crippen LogP contribution >= 0.6 is 11.6 Å². The molecule has 3 aromatic heterocycles. The van der Waals surface area contributed by atoms with Crippen LogP contribution < -0.4 is 26.6 Å². The standard InChI is InChI=1S/C39H39ClF3N9O5/c1-20-22(7-6-10-25(20)44-31-29-32(47-35(46-31)39(41,42)43)49(2)37(56)50(3)34(29)54)23-8-5-9-24(30(23)40)26-17-21-11-12-27(28(21)33(45-26)57-4)51-14-13-38(18-51)19-52(15-16-53)36(55)48-38/h5-10,17,27,53H,11-16,18-19H2,1-4H3,(H,48,55)(H,44,46,47)/t27-,38+/m0/s1. The van der Waals surface area contributed by atoms with Crippen LogP contribution in [0.25, 0.3) is 33.4 Å². The van der Waals surface area contributed by atoms with Crippen molar-refractivity contribution in [1.29, 1.82) is 0 Å². The fraction of sp³-hybridized carbons (Fsp3) is 0.385. The molecule has 18 heteroatoms. The quantitative estimate of drug-likeness (QED) is 0.196. The van der Waals surface area contributed by atoms with E-state index in [0.29, 0.717) is 64.2 Å². The van der Waals surface area contributed by atoms with Crippen molar-refractivity contribution < 1.29 is 27.8 Å². The molecule has 298 valence electrons. The molecule has 57 heavy (non-hydrogen) atoms. The first-order valence-electron chi connectivity index (χ1n) is 18.4. The largest absolute Gasteiger partial charge is 0.481 e. The molecule has 5 heterocycles. The lowest BCUT2D eigenvalue weighted by Gasteiger charge is -2.28. The zero-order valence-electron chi connectivity index (χ0n) is 31.5. The summed E-state index contributed by atoms with van der Waals surface area (Å²) in [4.78, 5) is 54.7. The molecular formula is C39H39ClF3N9O5. The fourth-order valence-corrected chi connectivity index (χ4v) is 8.85. The van der Waals surface area contributed by atoms with Gasteiger partial charge >= 0.3 is 17.9 Å². The molecule has 0 bridgehead atoms. The Labute approximate surface area is 328 Å². The topological polar surface area (TPSA) is 160 Å². The summed E-state index contributed by atoms with van der Waals surface area (Å²) in [6, 6.07) is 12.6. The lowest BCUT2D eigenvalue weighted by atomic mass is 9.96. The van der Waals surface area contributed by atoms with Gasteiger partial charge in [0.05, 0.1) is 30.0 Å². The van der Waals surface area contributed by atoms with Crippen molar-refractivity contribution in [3.8, 4) is 28.3 Å². The van der Waals surface area contributed by atoms with Crippen molar-refractivity contribution in [2.75, 3.05) is 45.2 Å². The SMILES string of the molecule is COc1nc(-c2cccc(-c3cccc(Nc4nc(C(F)(F)F)nc5c4c(=O)n(C)c(=O)n5C)c3C)c2Cl)cc2c1[C@@H](N1CC[C@]3(CN(CCO)C(=O)N3)C1)CC2. The number of nitrogens with one attached hydrogen (secondary N) is 2. The number of carbonyl (C=O) groups excluding carboxylic acids is 1. The van der Waals surface area contributed by atoms with Gasteiger partial charge in [-0.25, -0.2) is 24.5 Å². The minimum absolute atomic E-state index is 0.0450. The highest BCUT2D eigenvalue weighted by atomic mass is 35.5. The summed E-state index contributed by atoms with van der Waals surface area (Å²) in [5.41, 5.74) is 3.08. The van der Waals surface area contributed by atoms with E-state index in [-0.39, 0.29) is 29.6 Å². The Morgan fingerprint density at radius 2 is 1.77 bits per heavy atom. The van der Waals surface area contributed by atoms with Crippen LogP contribution in [0, 0.1) is 6.92 Å². The summed E-state index contributed by atoms with van der Waals surface area (Å²) in [5.74, 6) is -1.42. The highest BCUT2D eigenvalue weighted by Gasteiger charge is 2.49. The molecule has 1 spiro atoms. The predicted molar refractivity (Wildman–Crippen MR) is 207 cm³/mol. The van der Waals surface area contributed by atoms with Gasteiger partial charge in [-0.3, -0.25) is 18.8 Å². The molecule has 2 saturated heterocycles. The van der Waals surface area contributed by atoms with Crippen LogP contribution in [-0.2, 0) is 26.7 Å². The zero-order valence-corrected chi connectivity index (χ0v) is 32.3. The van der Waals surface area contributed by atoms with Gasteiger partial charge in [0.25, 0.3) is 5.56 Å². The van der Waals surface area contributed by atoms with Crippen molar-refractivity contribution in [1.82, 2.24) is 39.2 Å². The maximum absolute atomic E-state index is 14.0. The first kappa shape index (κ1) is 38.4. The number of urea groups is 1. The summed E-state index contributed by atoms with van der Waals surface area (Å²) in [6.45, 7) is 3.98. The maximum Gasteiger partial charge on any atom is 0.451 e. The van der Waals surface area contributed by atoms with Crippen LogP contribution in [0.3, 0.4) is 0 Å². The maximum atomic E-state index is 14.0. The molecule has 2 amide bonds. The molecule has 5 aromatic rings. The molecule has 3 N–H and O–H groups in total. The fourth-order valence-electron chi connectivity index (χ4n) is 8.53. The third-order valence-electron chi connectivity index (χ3n) is 11.4. The zero-order chi connectivity index (χ0) is 40.6. The number of anilines is 2. The molecule has 14 nitrogen and oxygen atoms in total. The Morgan fingerprint density at radius 3 is 2.51 bits per heavy atom. The van der Waals surface area contributed by atoms with Crippen LogP contribution in [0.4, 0.5) is 29.5 Å². The van der Waals surface area contributed by atoms with E-state index in [2.05, 4.69) is 25.5 Å². The van der Waals surface area contributed by atoms with Gasteiger partial charge in [-0.05, 0) is 55.0 Å². The molecule has 2 atom stereocenters. The van der Waals surface area contributed by atoms with Crippen LogP contribution in [0.5, 0.6) is 5.88 Å². The van der Waals surface area contributed by atoms with Crippen LogP contribution in [0.15, 0.2) is 52.1 Å². The third-order valence-corrected chi connectivity index (χ3v) is 11.8. The second kappa shape index (κ2) is 14.1. The number of likely N-dealkylation sites (tertiary alicyclic amines) is 1. The molecule has 3 aliphatic rings. The van der Waals surface area contributed by atoms with Crippen molar-refractivity contribution in [3.05, 3.63) is 90.8 Å². The molecule has 2 fully saturated rings. The number of carbonyl (C=O) groups is 1. The van der Waals surface area contributed by atoms with Gasteiger partial charge in [-0.2, -0.15) is 13.2 Å². The molecule has 8 rings (SSSR count). The Bertz CT molecular complexity index is 2600. The summed E-state index contributed by atoms with van der Waals surface area (Å²) in [7, 11) is 4.05. The van der Waals surface area contributed by atoms with Crippen LogP contribution in [-0.4, -0.2) is 90.5 Å². The highest BCUT2D eigenvalue weighted by molar-refractivity contribution is 6.36. The molecule has 2 aliphatic heterocycles. The van der Waals surface area contributed by atoms with Crippen molar-refractivity contribution in [2.24, 2.45) is 14.1 Å². The van der Waals surface area contributed by atoms with Gasteiger partial charge < -0.3 is 25.4 Å².